The molecule has 4 nitrogen and oxygen atoms in total. The Kier molecular flexibility index (Phi) is 2.13. The Balaban J connectivity index is 2.55. The molecule has 5 heteroatoms. The van der Waals surface area contributed by atoms with Gasteiger partial charge in [0, 0.05) is 19.3 Å². The van der Waals surface area contributed by atoms with Crippen LogP contribution >= 0.6 is 11.6 Å². The van der Waals surface area contributed by atoms with Gasteiger partial charge in [0.25, 0.3) is 0 Å². The first-order chi connectivity index (χ1) is 6.66. The molecule has 0 saturated heterocycles. The van der Waals surface area contributed by atoms with Crippen molar-refractivity contribution in [2.24, 2.45) is 0 Å². The molecule has 2 aromatic heterocycles. The van der Waals surface area contributed by atoms with Crippen molar-refractivity contribution in [3.05, 3.63) is 23.5 Å². The molecule has 14 heavy (non-hydrogen) atoms. The lowest BCUT2D eigenvalue weighted by Gasteiger charge is -1.97. The average molecular weight is 211 g/mol. The first-order valence-electron chi connectivity index (χ1n) is 3.98. The number of H-pyrrole nitrogens is 1. The highest BCUT2D eigenvalue weighted by Crippen LogP contribution is 2.26. The molecule has 2 heterocycles. The van der Waals surface area contributed by atoms with Crippen LogP contribution in [0.15, 0.2) is 18.5 Å². The number of nitrogens with one attached hydrogen (secondary N) is 1. The van der Waals surface area contributed by atoms with Crippen LogP contribution in [0.5, 0.6) is 5.75 Å². The van der Waals surface area contributed by atoms with Crippen molar-refractivity contribution in [3.63, 3.8) is 0 Å². The van der Waals surface area contributed by atoms with Gasteiger partial charge >= 0.3 is 5.97 Å². The van der Waals surface area contributed by atoms with E-state index in [9.17, 15) is 4.79 Å². The Labute approximate surface area is 84.9 Å². The lowest BCUT2D eigenvalue weighted by Crippen LogP contribution is -2.00. The van der Waals surface area contributed by atoms with Crippen LogP contribution in [-0.4, -0.2) is 15.9 Å². The quantitative estimate of drug-likeness (QED) is 0.734. The standard InChI is InChI=1S/C9H7ClN2O2/c1-5(13)14-8-4-12-9-7(8)2-6(10)3-11-9/h2-4H,1H3,(H,11,12). The van der Waals surface area contributed by atoms with E-state index in [-0.39, 0.29) is 5.97 Å². The third kappa shape index (κ3) is 1.56. The summed E-state index contributed by atoms with van der Waals surface area (Å²) in [5, 5.41) is 1.21. The zero-order chi connectivity index (χ0) is 10.1. The highest BCUT2D eigenvalue weighted by atomic mass is 35.5. The molecule has 0 aliphatic rings. The SMILES string of the molecule is CC(=O)Oc1c[nH]c2ncc(Cl)cc12. The number of aromatic nitrogens is 2. The minimum absolute atomic E-state index is 0.370. The van der Waals surface area contributed by atoms with Gasteiger partial charge in [-0.25, -0.2) is 4.98 Å². The first kappa shape index (κ1) is 9.02. The van der Waals surface area contributed by atoms with Crippen molar-refractivity contribution >= 4 is 28.6 Å². The Bertz CT molecular complexity index is 493. The summed E-state index contributed by atoms with van der Waals surface area (Å²) in [4.78, 5) is 17.7. The maximum atomic E-state index is 10.8. The molecule has 0 aromatic carbocycles. The Morgan fingerprint density at radius 1 is 1.64 bits per heavy atom. The summed E-state index contributed by atoms with van der Waals surface area (Å²) in [5.74, 6) is 0.0772. The summed E-state index contributed by atoms with van der Waals surface area (Å²) >= 11 is 5.77. The van der Waals surface area contributed by atoms with E-state index in [0.717, 1.165) is 0 Å². The minimum Gasteiger partial charge on any atom is -0.424 e. The van der Waals surface area contributed by atoms with E-state index in [2.05, 4.69) is 9.97 Å². The molecule has 0 saturated carbocycles. The van der Waals surface area contributed by atoms with Gasteiger partial charge in [-0.3, -0.25) is 4.79 Å². The van der Waals surface area contributed by atoms with Crippen molar-refractivity contribution in [1.29, 1.82) is 0 Å². The molecule has 72 valence electrons. The molecule has 0 aliphatic carbocycles. The van der Waals surface area contributed by atoms with E-state index in [4.69, 9.17) is 16.3 Å². The van der Waals surface area contributed by atoms with E-state index in [1.54, 1.807) is 12.3 Å². The van der Waals surface area contributed by atoms with Gasteiger partial charge in [-0.15, -0.1) is 0 Å². The largest absolute Gasteiger partial charge is 0.424 e. The van der Waals surface area contributed by atoms with E-state index in [0.29, 0.717) is 21.8 Å². The maximum Gasteiger partial charge on any atom is 0.308 e. The topological polar surface area (TPSA) is 55.0 Å². The molecular formula is C9H7ClN2O2. The molecular weight excluding hydrogens is 204 g/mol. The lowest BCUT2D eigenvalue weighted by atomic mass is 10.3. The molecule has 0 radical (unpaired) electrons. The van der Waals surface area contributed by atoms with Crippen LogP contribution in [-0.2, 0) is 4.79 Å². The molecule has 2 rings (SSSR count). The highest BCUT2D eigenvalue weighted by Gasteiger charge is 2.07. The van der Waals surface area contributed by atoms with E-state index < -0.39 is 0 Å². The highest BCUT2D eigenvalue weighted by molar-refractivity contribution is 6.31. The van der Waals surface area contributed by atoms with Crippen molar-refractivity contribution in [2.75, 3.05) is 0 Å². The van der Waals surface area contributed by atoms with E-state index in [1.165, 1.54) is 13.1 Å². The van der Waals surface area contributed by atoms with Gasteiger partial charge in [0.05, 0.1) is 10.4 Å². The number of carbonyl (C=O) groups excluding carboxylic acids is 1. The number of fused-ring (bicyclic) bond motifs is 1. The van der Waals surface area contributed by atoms with Crippen LogP contribution in [0.3, 0.4) is 0 Å². The van der Waals surface area contributed by atoms with Gasteiger partial charge in [0.1, 0.15) is 5.65 Å². The van der Waals surface area contributed by atoms with Gasteiger partial charge in [-0.1, -0.05) is 11.6 Å². The maximum absolute atomic E-state index is 10.8. The fourth-order valence-electron chi connectivity index (χ4n) is 1.19. The van der Waals surface area contributed by atoms with Crippen molar-refractivity contribution in [3.8, 4) is 5.75 Å². The number of pyridine rings is 1. The van der Waals surface area contributed by atoms with Crippen molar-refractivity contribution in [1.82, 2.24) is 9.97 Å². The molecule has 0 amide bonds. The van der Waals surface area contributed by atoms with Gasteiger partial charge in [-0.05, 0) is 6.07 Å². The summed E-state index contributed by atoms with van der Waals surface area (Å²) in [7, 11) is 0. The van der Waals surface area contributed by atoms with Crippen molar-refractivity contribution < 1.29 is 9.53 Å². The molecule has 0 atom stereocenters. The van der Waals surface area contributed by atoms with Crippen LogP contribution in [0.1, 0.15) is 6.92 Å². The molecule has 0 aliphatic heterocycles. The van der Waals surface area contributed by atoms with Crippen LogP contribution in [0, 0.1) is 0 Å². The minimum atomic E-state index is -0.370. The number of rotatable bonds is 1. The van der Waals surface area contributed by atoms with Crippen LogP contribution < -0.4 is 4.74 Å². The molecule has 0 bridgehead atoms. The normalized spacial score (nSPS) is 10.4. The summed E-state index contributed by atoms with van der Waals surface area (Å²) in [6, 6.07) is 1.69. The number of aromatic amines is 1. The van der Waals surface area contributed by atoms with Crippen LogP contribution in [0.2, 0.25) is 5.02 Å². The second kappa shape index (κ2) is 3.31. The third-order valence-electron chi connectivity index (χ3n) is 1.71. The molecule has 2 aromatic rings. The number of hydrogen-bond acceptors (Lipinski definition) is 3. The predicted molar refractivity (Wildman–Crippen MR) is 52.4 cm³/mol. The zero-order valence-corrected chi connectivity index (χ0v) is 8.13. The zero-order valence-electron chi connectivity index (χ0n) is 7.37. The molecule has 0 spiro atoms. The summed E-state index contributed by atoms with van der Waals surface area (Å²) < 4.78 is 4.95. The average Bonchev–Trinajstić information content (AvgIpc) is 2.47. The van der Waals surface area contributed by atoms with E-state index >= 15 is 0 Å². The van der Waals surface area contributed by atoms with Gasteiger partial charge < -0.3 is 9.72 Å². The monoisotopic (exact) mass is 210 g/mol. The number of carbonyl (C=O) groups is 1. The Morgan fingerprint density at radius 2 is 2.43 bits per heavy atom. The number of nitrogens with zero attached hydrogens (tertiary/aromatic N) is 1. The van der Waals surface area contributed by atoms with E-state index in [1.807, 2.05) is 0 Å². The van der Waals surface area contributed by atoms with Crippen molar-refractivity contribution in [2.45, 2.75) is 6.92 Å². The van der Waals surface area contributed by atoms with Crippen LogP contribution in [0.25, 0.3) is 11.0 Å². The number of halogens is 1. The lowest BCUT2D eigenvalue weighted by molar-refractivity contribution is -0.131. The smallest absolute Gasteiger partial charge is 0.308 e. The molecule has 1 N–H and O–H groups in total. The Morgan fingerprint density at radius 3 is 3.14 bits per heavy atom. The fraction of sp³-hybridized carbons (Fsp3) is 0.111. The Hall–Kier alpha value is -1.55. The molecule has 0 unspecified atom stereocenters. The van der Waals surface area contributed by atoms with Gasteiger partial charge in [0.2, 0.25) is 0 Å². The second-order valence-corrected chi connectivity index (χ2v) is 3.23. The summed E-state index contributed by atoms with van der Waals surface area (Å²) in [6.45, 7) is 1.34. The number of hydrogen-bond donors (Lipinski definition) is 1. The molecule has 0 fully saturated rings. The fourth-order valence-corrected chi connectivity index (χ4v) is 1.35. The van der Waals surface area contributed by atoms with Gasteiger partial charge in [0.15, 0.2) is 5.75 Å². The van der Waals surface area contributed by atoms with Gasteiger partial charge in [-0.2, -0.15) is 0 Å². The number of ether oxygens (including phenoxy) is 1. The third-order valence-corrected chi connectivity index (χ3v) is 1.92. The van der Waals surface area contributed by atoms with Crippen LogP contribution in [0.4, 0.5) is 0 Å². The summed E-state index contributed by atoms with van der Waals surface area (Å²) in [6.07, 6.45) is 3.10. The summed E-state index contributed by atoms with van der Waals surface area (Å²) in [5.41, 5.74) is 0.644. The number of esters is 1. The first-order valence-corrected chi connectivity index (χ1v) is 4.35. The predicted octanol–water partition coefficient (Wildman–Crippen LogP) is 2.14. The second-order valence-electron chi connectivity index (χ2n) is 2.80.